The van der Waals surface area contributed by atoms with Gasteiger partial charge in [0, 0.05) is 38.3 Å². The van der Waals surface area contributed by atoms with Gasteiger partial charge in [0.1, 0.15) is 0 Å². The molecular formula is C23H29N3O2. The van der Waals surface area contributed by atoms with E-state index in [2.05, 4.69) is 29.3 Å². The van der Waals surface area contributed by atoms with Gasteiger partial charge in [-0.05, 0) is 30.0 Å². The van der Waals surface area contributed by atoms with Gasteiger partial charge in [-0.3, -0.25) is 14.5 Å². The summed E-state index contributed by atoms with van der Waals surface area (Å²) in [5.74, 6) is 0.203. The average Bonchev–Trinajstić information content (AvgIpc) is 2.73. The molecule has 0 saturated carbocycles. The van der Waals surface area contributed by atoms with Crippen LogP contribution in [0, 0.1) is 0 Å². The maximum atomic E-state index is 12.4. The molecule has 2 amide bonds. The molecule has 1 heterocycles. The summed E-state index contributed by atoms with van der Waals surface area (Å²) >= 11 is 0. The van der Waals surface area contributed by atoms with Gasteiger partial charge in [0.15, 0.2) is 0 Å². The molecule has 28 heavy (non-hydrogen) atoms. The third kappa shape index (κ3) is 5.67. The molecule has 1 N–H and O–H groups in total. The van der Waals surface area contributed by atoms with Crippen LogP contribution >= 0.6 is 0 Å². The van der Waals surface area contributed by atoms with Crippen molar-refractivity contribution in [2.75, 3.05) is 38.0 Å². The van der Waals surface area contributed by atoms with Crippen LogP contribution in [-0.2, 0) is 22.4 Å². The van der Waals surface area contributed by atoms with E-state index < -0.39 is 0 Å². The normalized spacial score (nSPS) is 14.7. The number of benzene rings is 2. The molecule has 1 aliphatic rings. The van der Waals surface area contributed by atoms with Crippen LogP contribution in [0.2, 0.25) is 0 Å². The van der Waals surface area contributed by atoms with Crippen LogP contribution in [-0.4, -0.2) is 54.3 Å². The number of carbonyl (C=O) groups is 2. The second kappa shape index (κ2) is 10.0. The molecule has 3 rings (SSSR count). The summed E-state index contributed by atoms with van der Waals surface area (Å²) in [6, 6.07) is 18.0. The van der Waals surface area contributed by atoms with Gasteiger partial charge in [-0.25, -0.2) is 0 Å². The lowest BCUT2D eigenvalue weighted by Gasteiger charge is -2.34. The Labute approximate surface area is 167 Å². The van der Waals surface area contributed by atoms with E-state index >= 15 is 0 Å². The van der Waals surface area contributed by atoms with Crippen molar-refractivity contribution in [1.29, 1.82) is 0 Å². The first-order valence-electron chi connectivity index (χ1n) is 10.1. The molecule has 1 fully saturated rings. The van der Waals surface area contributed by atoms with E-state index in [0.29, 0.717) is 26.1 Å². The predicted molar refractivity (Wildman–Crippen MR) is 112 cm³/mol. The summed E-state index contributed by atoms with van der Waals surface area (Å²) in [6.45, 7) is 5.29. The van der Waals surface area contributed by atoms with Crippen LogP contribution in [0.4, 0.5) is 5.69 Å². The first kappa shape index (κ1) is 20.1. The van der Waals surface area contributed by atoms with E-state index in [-0.39, 0.29) is 11.8 Å². The maximum absolute atomic E-state index is 12.4. The number of anilines is 1. The van der Waals surface area contributed by atoms with Gasteiger partial charge in [-0.2, -0.15) is 0 Å². The standard InChI is InChI=1S/C23H29N3O2/c1-2-20-10-6-7-11-21(20)24-22(27)18-25-14-16-26(17-15-25)23(28)13-12-19-8-4-3-5-9-19/h3-11H,2,12-18H2,1H3,(H,24,27). The van der Waals surface area contributed by atoms with E-state index in [0.717, 1.165) is 37.2 Å². The Hall–Kier alpha value is -2.66. The molecular weight excluding hydrogens is 350 g/mol. The zero-order chi connectivity index (χ0) is 19.8. The van der Waals surface area contributed by atoms with Crippen molar-refractivity contribution in [1.82, 2.24) is 9.80 Å². The number of nitrogens with zero attached hydrogens (tertiary/aromatic N) is 2. The molecule has 0 bridgehead atoms. The van der Waals surface area contributed by atoms with E-state index in [4.69, 9.17) is 0 Å². The van der Waals surface area contributed by atoms with Crippen LogP contribution in [0.1, 0.15) is 24.5 Å². The molecule has 148 valence electrons. The predicted octanol–water partition coefficient (Wildman–Crippen LogP) is 2.96. The van der Waals surface area contributed by atoms with Crippen molar-refractivity contribution in [3.63, 3.8) is 0 Å². The summed E-state index contributed by atoms with van der Waals surface area (Å²) in [7, 11) is 0. The van der Waals surface area contributed by atoms with Gasteiger partial charge in [0.2, 0.25) is 11.8 Å². The first-order valence-corrected chi connectivity index (χ1v) is 10.1. The van der Waals surface area contributed by atoms with Crippen LogP contribution in [0.25, 0.3) is 0 Å². The molecule has 0 aliphatic carbocycles. The number of hydrogen-bond acceptors (Lipinski definition) is 3. The summed E-state index contributed by atoms with van der Waals surface area (Å²) < 4.78 is 0. The molecule has 0 atom stereocenters. The highest BCUT2D eigenvalue weighted by Gasteiger charge is 2.22. The third-order valence-electron chi connectivity index (χ3n) is 5.23. The fourth-order valence-corrected chi connectivity index (χ4v) is 3.55. The molecule has 2 aromatic carbocycles. The number of carbonyl (C=O) groups excluding carboxylic acids is 2. The van der Waals surface area contributed by atoms with Gasteiger partial charge in [-0.15, -0.1) is 0 Å². The number of piperazine rings is 1. The number of para-hydroxylation sites is 1. The highest BCUT2D eigenvalue weighted by Crippen LogP contribution is 2.15. The maximum Gasteiger partial charge on any atom is 0.238 e. The molecule has 2 aromatic rings. The SMILES string of the molecule is CCc1ccccc1NC(=O)CN1CCN(C(=O)CCc2ccccc2)CC1. The zero-order valence-corrected chi connectivity index (χ0v) is 16.6. The summed E-state index contributed by atoms with van der Waals surface area (Å²) in [5.41, 5.74) is 3.23. The smallest absolute Gasteiger partial charge is 0.238 e. The molecule has 0 radical (unpaired) electrons. The molecule has 0 spiro atoms. The number of rotatable bonds is 7. The second-order valence-corrected chi connectivity index (χ2v) is 7.20. The van der Waals surface area contributed by atoms with E-state index in [1.165, 1.54) is 5.56 Å². The number of nitrogens with one attached hydrogen (secondary N) is 1. The van der Waals surface area contributed by atoms with Gasteiger partial charge in [-0.1, -0.05) is 55.5 Å². The second-order valence-electron chi connectivity index (χ2n) is 7.20. The minimum Gasteiger partial charge on any atom is -0.340 e. The van der Waals surface area contributed by atoms with Gasteiger partial charge < -0.3 is 10.2 Å². The first-order chi connectivity index (χ1) is 13.7. The van der Waals surface area contributed by atoms with E-state index in [1.54, 1.807) is 0 Å². The Morgan fingerprint density at radius 2 is 1.61 bits per heavy atom. The highest BCUT2D eigenvalue weighted by molar-refractivity contribution is 5.93. The molecule has 1 aliphatic heterocycles. The topological polar surface area (TPSA) is 52.7 Å². The van der Waals surface area contributed by atoms with Crippen molar-refractivity contribution in [3.05, 3.63) is 65.7 Å². The summed E-state index contributed by atoms with van der Waals surface area (Å²) in [5, 5.41) is 3.02. The van der Waals surface area contributed by atoms with Crippen molar-refractivity contribution < 1.29 is 9.59 Å². The summed E-state index contributed by atoms with van der Waals surface area (Å²) in [4.78, 5) is 28.9. The highest BCUT2D eigenvalue weighted by atomic mass is 16.2. The fraction of sp³-hybridized carbons (Fsp3) is 0.391. The van der Waals surface area contributed by atoms with Gasteiger partial charge >= 0.3 is 0 Å². The van der Waals surface area contributed by atoms with Crippen LogP contribution in [0.3, 0.4) is 0 Å². The Kier molecular flexibility index (Phi) is 7.20. The van der Waals surface area contributed by atoms with Crippen LogP contribution in [0.15, 0.2) is 54.6 Å². The zero-order valence-electron chi connectivity index (χ0n) is 16.6. The van der Waals surface area contributed by atoms with Crippen molar-refractivity contribution in [3.8, 4) is 0 Å². The number of aryl methyl sites for hydroxylation is 2. The minimum atomic E-state index is 0.00440. The Balaban J connectivity index is 1.41. The average molecular weight is 380 g/mol. The number of hydrogen-bond donors (Lipinski definition) is 1. The van der Waals surface area contributed by atoms with Crippen molar-refractivity contribution >= 4 is 17.5 Å². The molecule has 1 saturated heterocycles. The molecule has 5 heteroatoms. The molecule has 0 unspecified atom stereocenters. The lowest BCUT2D eigenvalue weighted by molar-refractivity contribution is -0.133. The van der Waals surface area contributed by atoms with Gasteiger partial charge in [0.25, 0.3) is 0 Å². The molecule has 0 aromatic heterocycles. The third-order valence-corrected chi connectivity index (χ3v) is 5.23. The van der Waals surface area contributed by atoms with Crippen molar-refractivity contribution in [2.45, 2.75) is 26.2 Å². The monoisotopic (exact) mass is 379 g/mol. The van der Waals surface area contributed by atoms with E-state index in [1.807, 2.05) is 47.4 Å². The quantitative estimate of drug-likeness (QED) is 0.805. The Bertz CT molecular complexity index is 783. The van der Waals surface area contributed by atoms with Gasteiger partial charge in [0.05, 0.1) is 6.54 Å². The molecule has 5 nitrogen and oxygen atoms in total. The largest absolute Gasteiger partial charge is 0.340 e. The van der Waals surface area contributed by atoms with Crippen LogP contribution in [0.5, 0.6) is 0 Å². The lowest BCUT2D eigenvalue weighted by atomic mass is 10.1. The van der Waals surface area contributed by atoms with Crippen molar-refractivity contribution in [2.24, 2.45) is 0 Å². The fourth-order valence-electron chi connectivity index (χ4n) is 3.55. The minimum absolute atomic E-state index is 0.00440. The Morgan fingerprint density at radius 1 is 0.929 bits per heavy atom. The lowest BCUT2D eigenvalue weighted by Crippen LogP contribution is -2.50. The van der Waals surface area contributed by atoms with E-state index in [9.17, 15) is 9.59 Å². The Morgan fingerprint density at radius 3 is 2.32 bits per heavy atom. The number of amides is 2. The van der Waals surface area contributed by atoms with Crippen LogP contribution < -0.4 is 5.32 Å². The summed E-state index contributed by atoms with van der Waals surface area (Å²) in [6.07, 6.45) is 2.21.